The van der Waals surface area contributed by atoms with Crippen molar-refractivity contribution in [2.24, 2.45) is 0 Å². The van der Waals surface area contributed by atoms with Crippen LogP contribution in [-0.2, 0) is 0 Å². The summed E-state index contributed by atoms with van der Waals surface area (Å²) >= 11 is 0. The van der Waals surface area contributed by atoms with E-state index < -0.39 is 0 Å². The monoisotopic (exact) mass is 429 g/mol. The van der Waals surface area contributed by atoms with Crippen LogP contribution < -0.4 is 14.5 Å². The molecule has 0 bridgehead atoms. The highest BCUT2D eigenvalue weighted by Gasteiger charge is 2.10. The van der Waals surface area contributed by atoms with Gasteiger partial charge in [0.1, 0.15) is 0 Å². The first-order valence-corrected chi connectivity index (χ1v) is 10.8. The molecule has 2 aromatic heterocycles. The van der Waals surface area contributed by atoms with Gasteiger partial charge in [-0.3, -0.25) is 4.79 Å². The lowest BCUT2D eigenvalue weighted by atomic mass is 10.1. The maximum absolute atomic E-state index is 12.3. The molecule has 3 aromatic carbocycles. The Labute approximate surface area is 193 Å². The Hall–Kier alpha value is -4.57. The normalized spacial score (nSPS) is 10.5. The molecule has 5 rings (SSSR count). The molecule has 0 spiro atoms. The quantitative estimate of drug-likeness (QED) is 0.385. The van der Waals surface area contributed by atoms with Crippen molar-refractivity contribution in [3.05, 3.63) is 140 Å². The summed E-state index contributed by atoms with van der Waals surface area (Å²) in [7, 11) is 0. The number of amides is 1. The first-order chi connectivity index (χ1) is 16.3. The molecule has 0 fully saturated rings. The third-order valence-electron chi connectivity index (χ3n) is 5.51. The van der Waals surface area contributed by atoms with Crippen LogP contribution in [0, 0.1) is 0 Å². The molecule has 4 nitrogen and oxygen atoms in total. The summed E-state index contributed by atoms with van der Waals surface area (Å²) in [4.78, 5) is 12.3. The lowest BCUT2D eigenvalue weighted by Gasteiger charge is -2.05. The molecule has 1 amide bonds. The number of hydrogen-bond acceptors (Lipinski definition) is 1. The van der Waals surface area contributed by atoms with Gasteiger partial charge in [-0.1, -0.05) is 36.4 Å². The van der Waals surface area contributed by atoms with Crippen molar-refractivity contribution in [1.29, 1.82) is 0 Å². The largest absolute Gasteiger partial charge is 0.322 e. The number of pyridine rings is 2. The summed E-state index contributed by atoms with van der Waals surface area (Å²) in [5, 5.41) is 2.93. The molecule has 0 atom stereocenters. The maximum Gasteiger partial charge on any atom is 0.255 e. The average molecular weight is 430 g/mol. The molecule has 158 valence electrons. The fourth-order valence-corrected chi connectivity index (χ4v) is 3.69. The van der Waals surface area contributed by atoms with Crippen LogP contribution in [0.1, 0.15) is 10.4 Å². The zero-order valence-electron chi connectivity index (χ0n) is 18.0. The van der Waals surface area contributed by atoms with Gasteiger partial charge >= 0.3 is 0 Å². The van der Waals surface area contributed by atoms with Gasteiger partial charge < -0.3 is 5.32 Å². The van der Waals surface area contributed by atoms with Crippen LogP contribution in [0.25, 0.3) is 22.5 Å². The van der Waals surface area contributed by atoms with Crippen molar-refractivity contribution in [3.63, 3.8) is 0 Å². The molecule has 0 aliphatic heterocycles. The summed E-state index contributed by atoms with van der Waals surface area (Å²) < 4.78 is 4.16. The average Bonchev–Trinajstić information content (AvgIpc) is 2.90. The first kappa shape index (κ1) is 20.3. The standard InChI is InChI=1S/C29H22N3O/c33-29(25-7-3-1-4-8-25)30-26-11-13-28(14-12-26)32-21-17-24(18-22-32)23-15-19-31(20-16-23)27-9-5-2-6-10-27/h1-22H/q+1/p+1. The van der Waals surface area contributed by atoms with E-state index in [1.54, 1.807) is 12.1 Å². The van der Waals surface area contributed by atoms with E-state index in [1.807, 2.05) is 73.1 Å². The highest BCUT2D eigenvalue weighted by molar-refractivity contribution is 6.04. The Balaban J connectivity index is 1.28. The number of carbonyl (C=O) groups is 1. The fraction of sp³-hybridized carbons (Fsp3) is 0. The van der Waals surface area contributed by atoms with E-state index in [0.29, 0.717) is 5.56 Å². The van der Waals surface area contributed by atoms with Gasteiger partial charge in [0.25, 0.3) is 5.91 Å². The number of carbonyl (C=O) groups excluding carboxylic acids is 1. The van der Waals surface area contributed by atoms with Gasteiger partial charge in [-0.2, -0.15) is 9.13 Å². The van der Waals surface area contributed by atoms with Crippen molar-refractivity contribution in [1.82, 2.24) is 0 Å². The Bertz CT molecular complexity index is 1350. The highest BCUT2D eigenvalue weighted by atomic mass is 16.1. The SMILES string of the molecule is O=C(Nc1ccc(-[n+]2ccc(-c3cc[n+](-c4ccccc4)cc3)cc2)cc1)c1ccccc1. The van der Waals surface area contributed by atoms with Gasteiger partial charge in [0, 0.05) is 59.8 Å². The second kappa shape index (κ2) is 9.28. The van der Waals surface area contributed by atoms with Gasteiger partial charge in [0.2, 0.25) is 11.4 Å². The first-order valence-electron chi connectivity index (χ1n) is 10.8. The fourth-order valence-electron chi connectivity index (χ4n) is 3.69. The minimum atomic E-state index is -0.114. The predicted molar refractivity (Wildman–Crippen MR) is 129 cm³/mol. The third kappa shape index (κ3) is 4.70. The molecular formula is C29H23N3O+2. The molecule has 0 radical (unpaired) electrons. The van der Waals surface area contributed by atoms with Gasteiger partial charge in [-0.15, -0.1) is 0 Å². The number of nitrogens with one attached hydrogen (secondary N) is 1. The summed E-state index contributed by atoms with van der Waals surface area (Å²) in [6.07, 6.45) is 8.25. The van der Waals surface area contributed by atoms with E-state index >= 15 is 0 Å². The third-order valence-corrected chi connectivity index (χ3v) is 5.51. The second-order valence-corrected chi connectivity index (χ2v) is 7.69. The van der Waals surface area contributed by atoms with Crippen LogP contribution in [0.2, 0.25) is 0 Å². The smallest absolute Gasteiger partial charge is 0.255 e. The Morgan fingerprint density at radius 3 is 1.48 bits per heavy atom. The summed E-state index contributed by atoms with van der Waals surface area (Å²) in [5.41, 5.74) is 5.88. The summed E-state index contributed by atoms with van der Waals surface area (Å²) in [5.74, 6) is -0.114. The summed E-state index contributed by atoms with van der Waals surface area (Å²) in [6.45, 7) is 0. The lowest BCUT2D eigenvalue weighted by molar-refractivity contribution is -0.596. The van der Waals surface area contributed by atoms with E-state index in [9.17, 15) is 4.79 Å². The molecular weight excluding hydrogens is 406 g/mol. The zero-order valence-corrected chi connectivity index (χ0v) is 18.0. The molecule has 0 aliphatic carbocycles. The summed E-state index contributed by atoms with van der Waals surface area (Å²) in [6, 6.07) is 35.7. The number of benzene rings is 3. The Morgan fingerprint density at radius 2 is 0.970 bits per heavy atom. The topological polar surface area (TPSA) is 36.9 Å². The minimum absolute atomic E-state index is 0.114. The van der Waals surface area contributed by atoms with Crippen molar-refractivity contribution in [2.45, 2.75) is 0 Å². The molecule has 0 saturated carbocycles. The molecule has 0 aliphatic rings. The van der Waals surface area contributed by atoms with Gasteiger partial charge in [0.05, 0.1) is 0 Å². The second-order valence-electron chi connectivity index (χ2n) is 7.69. The van der Waals surface area contributed by atoms with Crippen LogP contribution in [0.3, 0.4) is 0 Å². The van der Waals surface area contributed by atoms with Crippen LogP contribution >= 0.6 is 0 Å². The number of nitrogens with zero attached hydrogens (tertiary/aromatic N) is 2. The predicted octanol–water partition coefficient (Wildman–Crippen LogP) is 5.16. The molecule has 5 aromatic rings. The van der Waals surface area contributed by atoms with E-state index in [2.05, 4.69) is 63.2 Å². The van der Waals surface area contributed by atoms with Gasteiger partial charge in [-0.05, 0) is 35.4 Å². The number of aromatic nitrogens is 2. The van der Waals surface area contributed by atoms with E-state index in [1.165, 1.54) is 0 Å². The lowest BCUT2D eigenvalue weighted by Crippen LogP contribution is -2.29. The highest BCUT2D eigenvalue weighted by Crippen LogP contribution is 2.17. The molecule has 4 heteroatoms. The zero-order chi connectivity index (χ0) is 22.5. The van der Waals surface area contributed by atoms with Crippen molar-refractivity contribution in [3.8, 4) is 22.5 Å². The van der Waals surface area contributed by atoms with Gasteiger partial charge in [-0.25, -0.2) is 0 Å². The molecule has 0 unspecified atom stereocenters. The van der Waals surface area contributed by atoms with E-state index in [-0.39, 0.29) is 5.91 Å². The number of rotatable bonds is 5. The molecule has 0 saturated heterocycles. The minimum Gasteiger partial charge on any atom is -0.322 e. The van der Waals surface area contributed by atoms with Crippen molar-refractivity contribution >= 4 is 11.6 Å². The number of hydrogen-bond donors (Lipinski definition) is 1. The van der Waals surface area contributed by atoms with E-state index in [4.69, 9.17) is 0 Å². The van der Waals surface area contributed by atoms with Crippen molar-refractivity contribution < 1.29 is 13.9 Å². The van der Waals surface area contributed by atoms with Crippen LogP contribution in [0.15, 0.2) is 134 Å². The van der Waals surface area contributed by atoms with E-state index in [0.717, 1.165) is 28.2 Å². The van der Waals surface area contributed by atoms with Crippen molar-refractivity contribution in [2.75, 3.05) is 5.32 Å². The molecule has 1 N–H and O–H groups in total. The van der Waals surface area contributed by atoms with Crippen LogP contribution in [0.4, 0.5) is 5.69 Å². The Kier molecular flexibility index (Phi) is 5.72. The van der Waals surface area contributed by atoms with Gasteiger partial charge in [0.15, 0.2) is 24.8 Å². The molecule has 2 heterocycles. The van der Waals surface area contributed by atoms with Crippen LogP contribution in [0.5, 0.6) is 0 Å². The molecule has 33 heavy (non-hydrogen) atoms. The Morgan fingerprint density at radius 1 is 0.515 bits per heavy atom. The number of anilines is 1. The number of para-hydroxylation sites is 1. The maximum atomic E-state index is 12.3. The van der Waals surface area contributed by atoms with Crippen LogP contribution in [-0.4, -0.2) is 5.91 Å².